The Bertz CT molecular complexity index is 2640. The van der Waals surface area contributed by atoms with Gasteiger partial charge in [-0.1, -0.05) is 48.5 Å². The number of rotatable bonds is 9. The molecular weight excluding hydrogens is 761 g/mol. The van der Waals surface area contributed by atoms with E-state index in [-0.39, 0.29) is 29.9 Å². The Hall–Kier alpha value is -6.70. The molecule has 60 heavy (non-hydrogen) atoms. The maximum absolute atomic E-state index is 13.6. The Balaban J connectivity index is 0.894. The summed E-state index contributed by atoms with van der Waals surface area (Å²) in [6, 6.07) is 24.1. The summed E-state index contributed by atoms with van der Waals surface area (Å²) in [5, 5.41) is 9.64. The quantitative estimate of drug-likeness (QED) is 0.115. The number of methoxy groups -OCH3 is 2. The molecule has 1 aliphatic carbocycles. The zero-order chi connectivity index (χ0) is 41.7. The fourth-order valence-corrected chi connectivity index (χ4v) is 9.51. The molecule has 2 saturated heterocycles. The van der Waals surface area contributed by atoms with Crippen LogP contribution in [0.2, 0.25) is 0 Å². The SMILES string of the molecule is COC(=O)N[C@@H](C)C(=O)N1CCC[C@H]1c1ncc(-c2ccc3cc(-c4ccc5cc(-c6cnc([C@@H]7[C@@H]8CC[C@H](C8)N7C(=O)[C@H](C)NC(=O)OC)[nH]6)ccc5c4)ccc3c2)[nH]1. The van der Waals surface area contributed by atoms with Crippen LogP contribution in [-0.2, 0) is 19.1 Å². The van der Waals surface area contributed by atoms with Gasteiger partial charge in [-0.05, 0) is 109 Å². The van der Waals surface area contributed by atoms with Crippen LogP contribution in [0.4, 0.5) is 9.59 Å². The van der Waals surface area contributed by atoms with E-state index in [4.69, 9.17) is 9.72 Å². The third-order valence-corrected chi connectivity index (χ3v) is 12.6. The van der Waals surface area contributed by atoms with Crippen LogP contribution in [0, 0.1) is 5.92 Å². The molecule has 3 aliphatic rings. The third kappa shape index (κ3) is 7.20. The minimum Gasteiger partial charge on any atom is -0.453 e. The highest BCUT2D eigenvalue weighted by atomic mass is 16.5. The molecule has 0 radical (unpaired) electrons. The first-order chi connectivity index (χ1) is 29.1. The van der Waals surface area contributed by atoms with Gasteiger partial charge in [-0.3, -0.25) is 9.59 Å². The lowest BCUT2D eigenvalue weighted by Gasteiger charge is -2.36. The number of benzene rings is 4. The molecule has 1 saturated carbocycles. The largest absolute Gasteiger partial charge is 0.453 e. The number of likely N-dealkylation sites (tertiary alicyclic amines) is 2. The van der Waals surface area contributed by atoms with Crippen molar-refractivity contribution in [1.29, 1.82) is 0 Å². The number of carbonyl (C=O) groups excluding carboxylic acids is 4. The van der Waals surface area contributed by atoms with Crippen molar-refractivity contribution in [1.82, 2.24) is 40.4 Å². The summed E-state index contributed by atoms with van der Waals surface area (Å²) in [5.41, 5.74) is 6.01. The zero-order valence-electron chi connectivity index (χ0n) is 34.0. The van der Waals surface area contributed by atoms with Gasteiger partial charge in [0.15, 0.2) is 0 Å². The molecule has 0 unspecified atom stereocenters. The number of H-pyrrole nitrogens is 2. The number of fused-ring (bicyclic) bond motifs is 4. The molecule has 2 bridgehead atoms. The number of hydrogen-bond acceptors (Lipinski definition) is 8. The van der Waals surface area contributed by atoms with Gasteiger partial charge in [0.1, 0.15) is 23.7 Å². The Morgan fingerprint density at radius 1 is 0.667 bits per heavy atom. The lowest BCUT2D eigenvalue weighted by molar-refractivity contribution is -0.137. The lowest BCUT2D eigenvalue weighted by atomic mass is 9.96. The number of piperidine rings is 1. The van der Waals surface area contributed by atoms with Crippen molar-refractivity contribution in [2.24, 2.45) is 5.92 Å². The summed E-state index contributed by atoms with van der Waals surface area (Å²) in [5.74, 6) is 1.54. The number of carbonyl (C=O) groups is 4. The lowest BCUT2D eigenvalue weighted by Crippen LogP contribution is -2.50. The maximum atomic E-state index is 13.6. The van der Waals surface area contributed by atoms with Crippen LogP contribution in [0.25, 0.3) is 55.2 Å². The number of hydrogen-bond donors (Lipinski definition) is 4. The molecule has 4 aromatic carbocycles. The second-order valence-corrected chi connectivity index (χ2v) is 16.2. The van der Waals surface area contributed by atoms with Crippen LogP contribution < -0.4 is 10.6 Å². The number of imidazole rings is 2. The van der Waals surface area contributed by atoms with E-state index < -0.39 is 24.3 Å². The number of aromatic amines is 2. The van der Waals surface area contributed by atoms with Crippen molar-refractivity contribution in [3.8, 4) is 33.6 Å². The van der Waals surface area contributed by atoms with Gasteiger partial charge < -0.3 is 39.9 Å². The van der Waals surface area contributed by atoms with Crippen LogP contribution >= 0.6 is 0 Å². The van der Waals surface area contributed by atoms with Crippen molar-refractivity contribution >= 4 is 45.5 Å². The second-order valence-electron chi connectivity index (χ2n) is 16.2. The Labute approximate surface area is 347 Å². The Morgan fingerprint density at radius 2 is 1.17 bits per heavy atom. The van der Waals surface area contributed by atoms with E-state index in [1.807, 2.05) is 17.3 Å². The van der Waals surface area contributed by atoms with E-state index >= 15 is 0 Å². The van der Waals surface area contributed by atoms with Crippen LogP contribution in [0.15, 0.2) is 85.2 Å². The van der Waals surface area contributed by atoms with Crippen molar-refractivity contribution < 1.29 is 28.7 Å². The molecular formula is C46H48N8O6. The monoisotopic (exact) mass is 808 g/mol. The van der Waals surface area contributed by atoms with Gasteiger partial charge >= 0.3 is 12.2 Å². The van der Waals surface area contributed by atoms with Gasteiger partial charge in [-0.2, -0.15) is 0 Å². The van der Waals surface area contributed by atoms with Gasteiger partial charge in [-0.15, -0.1) is 0 Å². The van der Waals surface area contributed by atoms with Gasteiger partial charge in [0.05, 0.1) is 50.1 Å². The average molecular weight is 809 g/mol. The summed E-state index contributed by atoms with van der Waals surface area (Å²) < 4.78 is 9.39. The molecule has 4 N–H and O–H groups in total. The highest BCUT2D eigenvalue weighted by molar-refractivity contribution is 5.94. The van der Waals surface area contributed by atoms with E-state index in [0.29, 0.717) is 12.5 Å². The van der Waals surface area contributed by atoms with E-state index in [1.54, 1.807) is 18.7 Å². The number of nitrogens with one attached hydrogen (secondary N) is 4. The van der Waals surface area contributed by atoms with Crippen LogP contribution in [0.3, 0.4) is 0 Å². The molecule has 4 heterocycles. The summed E-state index contributed by atoms with van der Waals surface area (Å²) >= 11 is 0. The third-order valence-electron chi connectivity index (χ3n) is 12.6. The predicted octanol–water partition coefficient (Wildman–Crippen LogP) is 7.64. The summed E-state index contributed by atoms with van der Waals surface area (Å²) in [4.78, 5) is 70.4. The number of nitrogens with zero attached hydrogens (tertiary/aromatic N) is 4. The van der Waals surface area contributed by atoms with E-state index in [9.17, 15) is 19.2 Å². The van der Waals surface area contributed by atoms with Crippen LogP contribution in [-0.4, -0.2) is 92.6 Å². The van der Waals surface area contributed by atoms with Crippen molar-refractivity contribution in [3.05, 3.63) is 96.8 Å². The minimum atomic E-state index is -0.706. The van der Waals surface area contributed by atoms with Crippen molar-refractivity contribution in [2.45, 2.75) is 76.2 Å². The maximum Gasteiger partial charge on any atom is 0.407 e. The first kappa shape index (κ1) is 38.8. The topological polar surface area (TPSA) is 175 Å². The first-order valence-corrected chi connectivity index (χ1v) is 20.6. The summed E-state index contributed by atoms with van der Waals surface area (Å²) in [6.07, 6.45) is 6.99. The number of amides is 4. The standard InChI is InChI=1S/C46H48N8O6/c1-25(49-45(57)59-3)43(55)53-17-5-6-39(53)41-47-23-37(51-41)33-13-11-29-18-27(7-9-31(29)20-33)28-8-10-32-21-34(14-12-30(32)19-28)38-24-48-42(52-38)40-35-15-16-36(22-35)54(40)44(56)26(2)50-46(58)60-4/h7-14,18-21,23-26,35-36,39-40H,5-6,15-17,22H2,1-4H3,(H,47,51)(H,48,52)(H,49,57)(H,50,58)/t25-,26-,35+,36+,39-,40-/m0/s1. The molecule has 2 aliphatic heterocycles. The first-order valence-electron chi connectivity index (χ1n) is 20.6. The molecule has 6 atom stereocenters. The fourth-order valence-electron chi connectivity index (χ4n) is 9.51. The molecule has 3 fully saturated rings. The smallest absolute Gasteiger partial charge is 0.407 e. The van der Waals surface area contributed by atoms with Crippen molar-refractivity contribution in [3.63, 3.8) is 0 Å². The number of alkyl carbamates (subject to hydrolysis) is 2. The van der Waals surface area contributed by atoms with Gasteiger partial charge in [0.25, 0.3) is 0 Å². The van der Waals surface area contributed by atoms with Gasteiger partial charge in [0, 0.05) is 23.7 Å². The van der Waals surface area contributed by atoms with Gasteiger partial charge in [0.2, 0.25) is 11.8 Å². The second kappa shape index (κ2) is 15.8. The Kier molecular flexibility index (Phi) is 10.2. The molecule has 308 valence electrons. The van der Waals surface area contributed by atoms with Crippen LogP contribution in [0.5, 0.6) is 0 Å². The van der Waals surface area contributed by atoms with E-state index in [2.05, 4.69) is 103 Å². The molecule has 14 nitrogen and oxygen atoms in total. The van der Waals surface area contributed by atoms with E-state index in [1.165, 1.54) is 14.2 Å². The highest BCUT2D eigenvalue weighted by Gasteiger charge is 2.50. The molecule has 6 aromatic rings. The molecule has 0 spiro atoms. The fraction of sp³-hybridized carbons (Fsp3) is 0.348. The molecule has 14 heteroatoms. The predicted molar refractivity (Wildman–Crippen MR) is 226 cm³/mol. The van der Waals surface area contributed by atoms with E-state index in [0.717, 1.165) is 98.9 Å². The van der Waals surface area contributed by atoms with Crippen molar-refractivity contribution in [2.75, 3.05) is 20.8 Å². The summed E-state index contributed by atoms with van der Waals surface area (Å²) in [7, 11) is 2.57. The van der Waals surface area contributed by atoms with Crippen LogP contribution in [0.1, 0.15) is 69.7 Å². The van der Waals surface area contributed by atoms with Gasteiger partial charge in [-0.25, -0.2) is 19.6 Å². The number of aromatic nitrogens is 4. The average Bonchev–Trinajstić information content (AvgIpc) is 4.14. The summed E-state index contributed by atoms with van der Waals surface area (Å²) in [6.45, 7) is 3.95. The highest BCUT2D eigenvalue weighted by Crippen LogP contribution is 2.50. The number of ether oxygens (including phenoxy) is 2. The molecule has 4 amide bonds. The molecule has 9 rings (SSSR count). The normalized spacial score (nSPS) is 20.7. The minimum absolute atomic E-state index is 0.122. The zero-order valence-corrected chi connectivity index (χ0v) is 34.0. The Morgan fingerprint density at radius 3 is 1.73 bits per heavy atom. The molecule has 2 aromatic heterocycles.